The van der Waals surface area contributed by atoms with Crippen LogP contribution in [0.15, 0.2) is 120 Å². The van der Waals surface area contributed by atoms with E-state index in [0.717, 1.165) is 34.0 Å². The van der Waals surface area contributed by atoms with E-state index in [1.54, 1.807) is 0 Å². The third-order valence-corrected chi connectivity index (χ3v) is 6.07. The number of para-hydroxylation sites is 3. The number of fused-ring (bicyclic) bond motifs is 1. The molecule has 0 N–H and O–H groups in total. The lowest BCUT2D eigenvalue weighted by molar-refractivity contribution is 0.740. The van der Waals surface area contributed by atoms with Gasteiger partial charge >= 0.3 is 0 Å². The zero-order valence-electron chi connectivity index (χ0n) is 18.4. The highest BCUT2D eigenvalue weighted by molar-refractivity contribution is 6.10. The third kappa shape index (κ3) is 3.76. The molecule has 2 heteroatoms. The van der Waals surface area contributed by atoms with Gasteiger partial charge in [-0.15, -0.1) is 0 Å². The van der Waals surface area contributed by atoms with Crippen LogP contribution in [-0.4, -0.2) is 5.71 Å². The molecule has 0 saturated heterocycles. The molecular formula is C30H26N2. The van der Waals surface area contributed by atoms with Gasteiger partial charge in [0, 0.05) is 22.5 Å². The van der Waals surface area contributed by atoms with E-state index < -0.39 is 0 Å². The van der Waals surface area contributed by atoms with E-state index in [4.69, 9.17) is 4.99 Å². The van der Waals surface area contributed by atoms with Crippen molar-refractivity contribution < 1.29 is 0 Å². The Bertz CT molecular complexity index is 1230. The average Bonchev–Trinajstić information content (AvgIpc) is 3.10. The van der Waals surface area contributed by atoms with Gasteiger partial charge in [-0.25, -0.2) is 0 Å². The van der Waals surface area contributed by atoms with E-state index in [9.17, 15) is 0 Å². The molecule has 1 aliphatic rings. The Balaban J connectivity index is 1.43. The number of rotatable bonds is 5. The van der Waals surface area contributed by atoms with E-state index in [-0.39, 0.29) is 5.41 Å². The molecule has 5 rings (SSSR count). The van der Waals surface area contributed by atoms with Crippen LogP contribution in [0.5, 0.6) is 0 Å². The van der Waals surface area contributed by atoms with E-state index in [0.29, 0.717) is 0 Å². The lowest BCUT2D eigenvalue weighted by atomic mass is 9.81. The molecule has 1 heterocycles. The van der Waals surface area contributed by atoms with E-state index in [2.05, 4.69) is 128 Å². The summed E-state index contributed by atoms with van der Waals surface area (Å²) in [5.41, 5.74) is 7.95. The summed E-state index contributed by atoms with van der Waals surface area (Å²) < 4.78 is 0. The molecule has 0 atom stereocenters. The number of anilines is 3. The first-order valence-electron chi connectivity index (χ1n) is 11.0. The average molecular weight is 415 g/mol. The number of allylic oxidation sites excluding steroid dienone is 1. The van der Waals surface area contributed by atoms with Crippen molar-refractivity contribution in [1.82, 2.24) is 0 Å². The Morgan fingerprint density at radius 3 is 1.72 bits per heavy atom. The van der Waals surface area contributed by atoms with Gasteiger partial charge in [0.05, 0.1) is 11.4 Å². The van der Waals surface area contributed by atoms with Crippen LogP contribution < -0.4 is 4.90 Å². The lowest BCUT2D eigenvalue weighted by Crippen LogP contribution is -2.23. The normalized spacial score (nSPS) is 14.2. The molecule has 2 nitrogen and oxygen atoms in total. The molecule has 0 aromatic heterocycles. The summed E-state index contributed by atoms with van der Waals surface area (Å²) in [6.45, 7) is 4.48. The molecule has 32 heavy (non-hydrogen) atoms. The third-order valence-electron chi connectivity index (χ3n) is 6.07. The highest BCUT2D eigenvalue weighted by atomic mass is 15.1. The number of hydrogen-bond acceptors (Lipinski definition) is 2. The molecule has 0 aliphatic carbocycles. The highest BCUT2D eigenvalue weighted by Crippen LogP contribution is 2.40. The Kier molecular flexibility index (Phi) is 5.20. The predicted octanol–water partition coefficient (Wildman–Crippen LogP) is 8.23. The van der Waals surface area contributed by atoms with Gasteiger partial charge < -0.3 is 4.90 Å². The van der Waals surface area contributed by atoms with Gasteiger partial charge in [0.1, 0.15) is 0 Å². The van der Waals surface area contributed by atoms with Crippen molar-refractivity contribution in [3.05, 3.63) is 126 Å². The maximum Gasteiger partial charge on any atom is 0.0674 e. The quantitative estimate of drug-likeness (QED) is 0.321. The van der Waals surface area contributed by atoms with Gasteiger partial charge in [0.2, 0.25) is 0 Å². The summed E-state index contributed by atoms with van der Waals surface area (Å²) in [6.07, 6.45) is 4.31. The highest BCUT2D eigenvalue weighted by Gasteiger charge is 2.32. The number of hydrogen-bond donors (Lipinski definition) is 0. The molecule has 4 aromatic rings. The smallest absolute Gasteiger partial charge is 0.0674 e. The van der Waals surface area contributed by atoms with Gasteiger partial charge in [-0.3, -0.25) is 4.99 Å². The molecule has 0 saturated carbocycles. The zero-order valence-corrected chi connectivity index (χ0v) is 18.4. The lowest BCUT2D eigenvalue weighted by Gasteiger charge is -2.25. The predicted molar refractivity (Wildman–Crippen MR) is 137 cm³/mol. The Morgan fingerprint density at radius 1 is 0.594 bits per heavy atom. The van der Waals surface area contributed by atoms with Crippen molar-refractivity contribution in [2.75, 3.05) is 4.90 Å². The molecule has 0 amide bonds. The largest absolute Gasteiger partial charge is 0.311 e. The fourth-order valence-electron chi connectivity index (χ4n) is 4.26. The van der Waals surface area contributed by atoms with Gasteiger partial charge in [0.15, 0.2) is 0 Å². The van der Waals surface area contributed by atoms with Crippen LogP contribution in [-0.2, 0) is 5.41 Å². The summed E-state index contributed by atoms with van der Waals surface area (Å²) in [4.78, 5) is 7.14. The van der Waals surface area contributed by atoms with Gasteiger partial charge in [-0.1, -0.05) is 86.7 Å². The standard InChI is InChI=1S/C30H26N2/c1-30(2)27-15-9-10-16-28(27)31-29(30)22-19-23-17-20-26(21-18-23)32(24-11-5-3-6-12-24)25-13-7-4-8-14-25/h3-22H,1-2H3/b22-19+. The minimum atomic E-state index is -0.0789. The van der Waals surface area contributed by atoms with Crippen LogP contribution in [0.2, 0.25) is 0 Å². The molecule has 0 radical (unpaired) electrons. The van der Waals surface area contributed by atoms with Crippen molar-refractivity contribution >= 4 is 34.5 Å². The molecule has 0 spiro atoms. The number of benzene rings is 4. The van der Waals surface area contributed by atoms with Crippen LogP contribution in [0.3, 0.4) is 0 Å². The van der Waals surface area contributed by atoms with Crippen molar-refractivity contribution in [3.8, 4) is 0 Å². The molecular weight excluding hydrogens is 388 g/mol. The Hall–Kier alpha value is -3.91. The fourth-order valence-corrected chi connectivity index (χ4v) is 4.26. The molecule has 156 valence electrons. The van der Waals surface area contributed by atoms with Crippen LogP contribution in [0.1, 0.15) is 25.0 Å². The van der Waals surface area contributed by atoms with Crippen molar-refractivity contribution in [2.45, 2.75) is 19.3 Å². The van der Waals surface area contributed by atoms with E-state index in [1.165, 1.54) is 5.56 Å². The van der Waals surface area contributed by atoms with Crippen LogP contribution in [0, 0.1) is 0 Å². The van der Waals surface area contributed by atoms with Crippen molar-refractivity contribution in [2.24, 2.45) is 4.99 Å². The minimum Gasteiger partial charge on any atom is -0.311 e. The second-order valence-corrected chi connectivity index (χ2v) is 8.57. The molecule has 1 aliphatic heterocycles. The van der Waals surface area contributed by atoms with Gasteiger partial charge in [0.25, 0.3) is 0 Å². The maximum absolute atomic E-state index is 4.87. The summed E-state index contributed by atoms with van der Waals surface area (Å²) in [6, 6.07) is 38.0. The summed E-state index contributed by atoms with van der Waals surface area (Å²) >= 11 is 0. The number of aliphatic imine (C=N–C) groups is 1. The van der Waals surface area contributed by atoms with Crippen LogP contribution in [0.25, 0.3) is 6.08 Å². The molecule has 0 bridgehead atoms. The van der Waals surface area contributed by atoms with Gasteiger partial charge in [-0.05, 0) is 59.7 Å². The minimum absolute atomic E-state index is 0.0789. The maximum atomic E-state index is 4.87. The number of nitrogens with zero attached hydrogens (tertiary/aromatic N) is 2. The van der Waals surface area contributed by atoms with Crippen LogP contribution >= 0.6 is 0 Å². The van der Waals surface area contributed by atoms with Crippen LogP contribution in [0.4, 0.5) is 22.7 Å². The monoisotopic (exact) mass is 414 g/mol. The summed E-state index contributed by atoms with van der Waals surface area (Å²) in [7, 11) is 0. The molecule has 0 unspecified atom stereocenters. The molecule has 4 aromatic carbocycles. The second-order valence-electron chi connectivity index (χ2n) is 8.57. The van der Waals surface area contributed by atoms with Gasteiger partial charge in [-0.2, -0.15) is 0 Å². The Morgan fingerprint density at radius 2 is 1.12 bits per heavy atom. The first-order valence-corrected chi connectivity index (χ1v) is 11.0. The van der Waals surface area contributed by atoms with Crippen molar-refractivity contribution in [1.29, 1.82) is 0 Å². The van der Waals surface area contributed by atoms with Crippen molar-refractivity contribution in [3.63, 3.8) is 0 Å². The van der Waals surface area contributed by atoms with E-state index in [1.807, 2.05) is 12.1 Å². The summed E-state index contributed by atoms with van der Waals surface area (Å²) in [5.74, 6) is 0. The summed E-state index contributed by atoms with van der Waals surface area (Å²) in [5, 5.41) is 0. The topological polar surface area (TPSA) is 15.6 Å². The first kappa shape index (κ1) is 20.0. The second kappa shape index (κ2) is 8.32. The first-order chi connectivity index (χ1) is 15.6. The van der Waals surface area contributed by atoms with E-state index >= 15 is 0 Å². The fraction of sp³-hybridized carbons (Fsp3) is 0.100. The Labute approximate surface area is 190 Å². The SMILES string of the molecule is CC1(C)C(/C=C/c2ccc(N(c3ccccc3)c3ccccc3)cc2)=Nc2ccccc21. The zero-order chi connectivity index (χ0) is 22.0. The molecule has 0 fully saturated rings.